The number of methoxy groups -OCH3 is 2. The monoisotopic (exact) mass is 330 g/mol. The lowest BCUT2D eigenvalue weighted by molar-refractivity contribution is 0.234. The third-order valence-corrected chi connectivity index (χ3v) is 3.61. The molecule has 0 aliphatic heterocycles. The number of carbonyl (C=O) groups excluding carboxylic acids is 1. The van der Waals surface area contributed by atoms with Gasteiger partial charge in [0.15, 0.2) is 6.73 Å². The Labute approximate surface area is 141 Å². The number of urea groups is 1. The normalized spacial score (nSPS) is 10.0. The lowest BCUT2D eigenvalue weighted by Crippen LogP contribution is -2.32. The number of anilines is 1. The third-order valence-electron chi connectivity index (χ3n) is 3.61. The molecule has 2 N–H and O–H groups in total. The molecule has 6 nitrogen and oxygen atoms in total. The van der Waals surface area contributed by atoms with Crippen molar-refractivity contribution in [2.75, 3.05) is 26.3 Å². The lowest BCUT2D eigenvalue weighted by Gasteiger charge is -2.13. The first-order valence-corrected chi connectivity index (χ1v) is 7.50. The van der Waals surface area contributed by atoms with Gasteiger partial charge in [-0.15, -0.1) is 0 Å². The molecular formula is C18H22N2O4. The maximum absolute atomic E-state index is 12.0. The smallest absolute Gasteiger partial charge is 0.321 e. The first-order chi connectivity index (χ1) is 11.5. The number of hydrogen-bond acceptors (Lipinski definition) is 4. The summed E-state index contributed by atoms with van der Waals surface area (Å²) in [5.74, 6) is 1.87. The fraction of sp³-hybridized carbons (Fsp3) is 0.278. The summed E-state index contributed by atoms with van der Waals surface area (Å²) in [6, 6.07) is 10.5. The Hall–Kier alpha value is -2.89. The molecule has 0 bridgehead atoms. The van der Waals surface area contributed by atoms with E-state index in [0.717, 1.165) is 5.56 Å². The van der Waals surface area contributed by atoms with Gasteiger partial charge in [0.25, 0.3) is 0 Å². The van der Waals surface area contributed by atoms with E-state index >= 15 is 0 Å². The molecule has 0 heterocycles. The molecule has 0 aliphatic carbocycles. The maximum atomic E-state index is 12.0. The van der Waals surface area contributed by atoms with Crippen molar-refractivity contribution in [2.24, 2.45) is 0 Å². The minimum Gasteiger partial charge on any atom is -0.497 e. The quantitative estimate of drug-likeness (QED) is 0.796. The number of rotatable bonds is 6. The number of benzene rings is 2. The van der Waals surface area contributed by atoms with Crippen molar-refractivity contribution < 1.29 is 19.0 Å². The van der Waals surface area contributed by atoms with Gasteiger partial charge in [-0.2, -0.15) is 0 Å². The Morgan fingerprint density at radius 1 is 0.958 bits per heavy atom. The van der Waals surface area contributed by atoms with Crippen molar-refractivity contribution in [3.05, 3.63) is 47.5 Å². The molecule has 2 rings (SSSR count). The van der Waals surface area contributed by atoms with Gasteiger partial charge in [0.05, 0.1) is 19.9 Å². The van der Waals surface area contributed by atoms with Crippen LogP contribution in [0.5, 0.6) is 17.2 Å². The molecule has 2 aromatic rings. The minimum atomic E-state index is -0.387. The summed E-state index contributed by atoms with van der Waals surface area (Å²) in [7, 11) is 3.10. The fourth-order valence-electron chi connectivity index (χ4n) is 2.06. The van der Waals surface area contributed by atoms with Crippen LogP contribution in [0.2, 0.25) is 0 Å². The predicted octanol–water partition coefficient (Wildman–Crippen LogP) is 3.48. The molecule has 0 radical (unpaired) electrons. The second kappa shape index (κ2) is 8.10. The molecule has 6 heteroatoms. The van der Waals surface area contributed by atoms with E-state index in [0.29, 0.717) is 22.9 Å². The summed E-state index contributed by atoms with van der Waals surface area (Å²) in [6.07, 6.45) is 0. The van der Waals surface area contributed by atoms with Gasteiger partial charge >= 0.3 is 6.03 Å². The van der Waals surface area contributed by atoms with Crippen molar-refractivity contribution in [3.63, 3.8) is 0 Å². The highest BCUT2D eigenvalue weighted by molar-refractivity contribution is 5.91. The van der Waals surface area contributed by atoms with Crippen LogP contribution < -0.4 is 24.8 Å². The number of aryl methyl sites for hydroxylation is 2. The molecule has 0 atom stereocenters. The SMILES string of the molecule is COc1ccc(NC(=O)NCOc2ccc(C)c(C)c2)c(OC)c1. The topological polar surface area (TPSA) is 68.8 Å². The lowest BCUT2D eigenvalue weighted by atomic mass is 10.1. The minimum absolute atomic E-state index is 0.0623. The van der Waals surface area contributed by atoms with E-state index in [1.807, 2.05) is 32.0 Å². The Morgan fingerprint density at radius 3 is 2.38 bits per heavy atom. The van der Waals surface area contributed by atoms with Crippen LogP contribution in [0.1, 0.15) is 11.1 Å². The average Bonchev–Trinajstić information content (AvgIpc) is 2.58. The second-order valence-corrected chi connectivity index (χ2v) is 5.23. The van der Waals surface area contributed by atoms with E-state index in [4.69, 9.17) is 14.2 Å². The van der Waals surface area contributed by atoms with E-state index in [1.54, 1.807) is 25.3 Å². The molecule has 2 aromatic carbocycles. The van der Waals surface area contributed by atoms with Crippen LogP contribution >= 0.6 is 0 Å². The van der Waals surface area contributed by atoms with E-state index < -0.39 is 0 Å². The third kappa shape index (κ3) is 4.55. The van der Waals surface area contributed by atoms with E-state index in [2.05, 4.69) is 10.6 Å². The van der Waals surface area contributed by atoms with Gasteiger partial charge in [0.1, 0.15) is 17.2 Å². The van der Waals surface area contributed by atoms with Gasteiger partial charge in [-0.05, 0) is 49.2 Å². The van der Waals surface area contributed by atoms with Crippen molar-refractivity contribution in [3.8, 4) is 17.2 Å². The molecule has 2 amide bonds. The van der Waals surface area contributed by atoms with Crippen LogP contribution in [-0.4, -0.2) is 27.0 Å². The summed E-state index contributed by atoms with van der Waals surface area (Å²) >= 11 is 0. The Morgan fingerprint density at radius 2 is 1.71 bits per heavy atom. The van der Waals surface area contributed by atoms with Crippen LogP contribution in [0.4, 0.5) is 10.5 Å². The zero-order valence-corrected chi connectivity index (χ0v) is 14.3. The van der Waals surface area contributed by atoms with Gasteiger partial charge in [-0.3, -0.25) is 0 Å². The van der Waals surface area contributed by atoms with Crippen LogP contribution in [0.25, 0.3) is 0 Å². The standard InChI is InChI=1S/C18H22N2O4/c1-12-5-6-15(9-13(12)2)24-11-19-18(21)20-16-8-7-14(22-3)10-17(16)23-4/h5-10H,11H2,1-4H3,(H2,19,20,21). The molecular weight excluding hydrogens is 308 g/mol. The highest BCUT2D eigenvalue weighted by Gasteiger charge is 2.08. The Balaban J connectivity index is 1.88. The predicted molar refractivity (Wildman–Crippen MR) is 93.1 cm³/mol. The highest BCUT2D eigenvalue weighted by Crippen LogP contribution is 2.28. The number of ether oxygens (including phenoxy) is 3. The Bertz CT molecular complexity index is 716. The molecule has 128 valence electrons. The second-order valence-electron chi connectivity index (χ2n) is 5.23. The molecule has 0 unspecified atom stereocenters. The molecule has 24 heavy (non-hydrogen) atoms. The van der Waals surface area contributed by atoms with Crippen molar-refractivity contribution >= 4 is 11.7 Å². The number of amides is 2. The van der Waals surface area contributed by atoms with Gasteiger partial charge in [0, 0.05) is 6.07 Å². The molecule has 0 saturated carbocycles. The van der Waals surface area contributed by atoms with Gasteiger partial charge in [-0.25, -0.2) is 4.79 Å². The molecule has 0 spiro atoms. The van der Waals surface area contributed by atoms with Crippen LogP contribution in [0.15, 0.2) is 36.4 Å². The van der Waals surface area contributed by atoms with Crippen molar-refractivity contribution in [1.82, 2.24) is 5.32 Å². The number of carbonyl (C=O) groups is 1. The summed E-state index contributed by atoms with van der Waals surface area (Å²) in [6.45, 7) is 4.11. The zero-order valence-electron chi connectivity index (χ0n) is 14.3. The van der Waals surface area contributed by atoms with Crippen molar-refractivity contribution in [2.45, 2.75) is 13.8 Å². The average molecular weight is 330 g/mol. The largest absolute Gasteiger partial charge is 0.497 e. The molecule has 0 aliphatic rings. The van der Waals surface area contributed by atoms with Gasteiger partial charge < -0.3 is 24.8 Å². The van der Waals surface area contributed by atoms with Gasteiger partial charge in [0.2, 0.25) is 0 Å². The Kier molecular flexibility index (Phi) is 5.89. The van der Waals surface area contributed by atoms with Crippen LogP contribution in [0.3, 0.4) is 0 Å². The fourth-order valence-corrected chi connectivity index (χ4v) is 2.06. The zero-order chi connectivity index (χ0) is 17.5. The maximum Gasteiger partial charge on any atom is 0.321 e. The van der Waals surface area contributed by atoms with Gasteiger partial charge in [-0.1, -0.05) is 6.07 Å². The van der Waals surface area contributed by atoms with Crippen LogP contribution in [-0.2, 0) is 0 Å². The summed E-state index contributed by atoms with van der Waals surface area (Å²) in [5, 5.41) is 5.34. The summed E-state index contributed by atoms with van der Waals surface area (Å²) in [5.41, 5.74) is 2.88. The number of nitrogens with one attached hydrogen (secondary N) is 2. The van der Waals surface area contributed by atoms with Crippen LogP contribution in [0, 0.1) is 13.8 Å². The molecule has 0 aromatic heterocycles. The van der Waals surface area contributed by atoms with Crippen molar-refractivity contribution in [1.29, 1.82) is 0 Å². The molecule has 0 saturated heterocycles. The number of hydrogen-bond donors (Lipinski definition) is 2. The first kappa shape index (κ1) is 17.5. The highest BCUT2D eigenvalue weighted by atomic mass is 16.5. The summed E-state index contributed by atoms with van der Waals surface area (Å²) < 4.78 is 15.9. The molecule has 0 fully saturated rings. The first-order valence-electron chi connectivity index (χ1n) is 7.50. The van der Waals surface area contributed by atoms with E-state index in [1.165, 1.54) is 12.7 Å². The summed E-state index contributed by atoms with van der Waals surface area (Å²) in [4.78, 5) is 12.0. The van der Waals surface area contributed by atoms with E-state index in [-0.39, 0.29) is 12.8 Å². The van der Waals surface area contributed by atoms with E-state index in [9.17, 15) is 4.79 Å².